The van der Waals surface area contributed by atoms with Gasteiger partial charge in [-0.05, 0) is 75.7 Å². The molecule has 3 aromatic rings. The number of aromatic hydroxyl groups is 1. The number of nitrogens with zero attached hydrogens (tertiary/aromatic N) is 5. The van der Waals surface area contributed by atoms with Crippen LogP contribution in [0, 0.1) is 5.92 Å². The van der Waals surface area contributed by atoms with E-state index < -0.39 is 28.4 Å². The number of hydrogen-bond acceptors (Lipinski definition) is 6. The van der Waals surface area contributed by atoms with Gasteiger partial charge in [0.25, 0.3) is 0 Å². The first-order chi connectivity index (χ1) is 23.0. The monoisotopic (exact) mass is 688 g/mol. The summed E-state index contributed by atoms with van der Waals surface area (Å²) < 4.78 is 42.5. The van der Waals surface area contributed by atoms with Crippen LogP contribution >= 0.6 is 11.6 Å². The Labute approximate surface area is 281 Å². The number of phenols is 1. The summed E-state index contributed by atoms with van der Waals surface area (Å²) >= 11 is 6.00. The molecule has 0 spiro atoms. The van der Waals surface area contributed by atoms with Crippen molar-refractivity contribution in [3.8, 4) is 17.1 Å². The van der Waals surface area contributed by atoms with E-state index in [2.05, 4.69) is 15.0 Å². The Morgan fingerprint density at radius 3 is 2.21 bits per heavy atom. The summed E-state index contributed by atoms with van der Waals surface area (Å²) in [6, 6.07) is 11.5. The van der Waals surface area contributed by atoms with Gasteiger partial charge in [-0.25, -0.2) is 9.48 Å². The van der Waals surface area contributed by atoms with Crippen molar-refractivity contribution in [3.05, 3.63) is 69.1 Å². The lowest BCUT2D eigenvalue weighted by atomic mass is 9.91. The van der Waals surface area contributed by atoms with Crippen LogP contribution in [0.4, 0.5) is 13.2 Å². The first kappa shape index (κ1) is 34.0. The summed E-state index contributed by atoms with van der Waals surface area (Å²) in [5, 5.41) is 14.0. The van der Waals surface area contributed by atoms with E-state index >= 15 is 0 Å². The number of phenolic OH excluding ortho intramolecular Hbond substituents is 1. The molecule has 0 radical (unpaired) electrons. The molecule has 2 N–H and O–H groups in total. The van der Waals surface area contributed by atoms with E-state index in [0.29, 0.717) is 50.9 Å². The average Bonchev–Trinajstić information content (AvgIpc) is 3.76. The molecule has 1 atom stereocenters. The molecular weight excluding hydrogens is 649 g/mol. The number of aromatic nitrogens is 3. The second-order valence-corrected chi connectivity index (χ2v) is 13.5. The third-order valence-corrected chi connectivity index (χ3v) is 10.3. The first-order valence-corrected chi connectivity index (χ1v) is 17.0. The van der Waals surface area contributed by atoms with Crippen LogP contribution in [0.1, 0.15) is 62.1 Å². The van der Waals surface area contributed by atoms with Gasteiger partial charge in [0.05, 0.1) is 22.5 Å². The molecule has 0 aliphatic carbocycles. The highest BCUT2D eigenvalue weighted by molar-refractivity contribution is 6.32. The van der Waals surface area contributed by atoms with E-state index in [1.807, 2.05) is 30.3 Å². The largest absolute Gasteiger partial charge is 0.506 e. The fourth-order valence-corrected chi connectivity index (χ4v) is 7.59. The van der Waals surface area contributed by atoms with Gasteiger partial charge in [-0.1, -0.05) is 41.9 Å². The van der Waals surface area contributed by atoms with Crippen LogP contribution in [0.15, 0.2) is 47.3 Å². The topological polar surface area (TPSA) is 115 Å². The van der Waals surface area contributed by atoms with E-state index in [9.17, 15) is 32.7 Å². The Morgan fingerprint density at radius 2 is 1.56 bits per heavy atom. The van der Waals surface area contributed by atoms with E-state index in [1.54, 1.807) is 9.80 Å². The summed E-state index contributed by atoms with van der Waals surface area (Å²) in [7, 11) is 0. The molecule has 3 saturated heterocycles. The van der Waals surface area contributed by atoms with Gasteiger partial charge in [-0.2, -0.15) is 13.2 Å². The lowest BCUT2D eigenvalue weighted by molar-refractivity contribution is -0.143. The van der Waals surface area contributed by atoms with Crippen LogP contribution in [0.3, 0.4) is 0 Å². The van der Waals surface area contributed by atoms with Crippen molar-refractivity contribution in [1.29, 1.82) is 0 Å². The van der Waals surface area contributed by atoms with Crippen LogP contribution in [-0.2, 0) is 22.2 Å². The van der Waals surface area contributed by atoms with Crippen molar-refractivity contribution < 1.29 is 27.9 Å². The van der Waals surface area contributed by atoms with Crippen LogP contribution < -0.4 is 5.69 Å². The number of H-pyrrole nitrogens is 1. The number of likely N-dealkylation sites (tertiary alicyclic amines) is 3. The maximum absolute atomic E-state index is 14.0. The molecule has 0 unspecified atom stereocenters. The van der Waals surface area contributed by atoms with Gasteiger partial charge < -0.3 is 19.8 Å². The van der Waals surface area contributed by atoms with Crippen molar-refractivity contribution in [2.75, 3.05) is 39.3 Å². The first-order valence-electron chi connectivity index (χ1n) is 16.6. The van der Waals surface area contributed by atoms with Gasteiger partial charge in [0, 0.05) is 44.2 Å². The van der Waals surface area contributed by atoms with E-state index in [1.165, 1.54) is 23.6 Å². The fraction of sp³-hybridized carbons (Fsp3) is 0.529. The number of alkyl halides is 3. The quantitative estimate of drug-likeness (QED) is 0.340. The zero-order valence-corrected chi connectivity index (χ0v) is 27.3. The highest BCUT2D eigenvalue weighted by Gasteiger charge is 2.37. The second-order valence-electron chi connectivity index (χ2n) is 13.1. The Morgan fingerprint density at radius 1 is 0.938 bits per heavy atom. The molecule has 258 valence electrons. The second kappa shape index (κ2) is 14.3. The third-order valence-electron chi connectivity index (χ3n) is 9.97. The number of benzene rings is 2. The van der Waals surface area contributed by atoms with Crippen LogP contribution in [0.5, 0.6) is 5.75 Å². The van der Waals surface area contributed by atoms with Crippen LogP contribution in [-0.4, -0.2) is 91.7 Å². The van der Waals surface area contributed by atoms with Gasteiger partial charge in [-0.15, -0.1) is 5.10 Å². The van der Waals surface area contributed by atoms with Gasteiger partial charge in [-0.3, -0.25) is 14.6 Å². The predicted molar refractivity (Wildman–Crippen MR) is 173 cm³/mol. The predicted octanol–water partition coefficient (Wildman–Crippen LogP) is 5.12. The lowest BCUT2D eigenvalue weighted by Gasteiger charge is -2.38. The minimum atomic E-state index is -4.85. The highest BCUT2D eigenvalue weighted by Crippen LogP contribution is 2.41. The molecule has 6 rings (SSSR count). The smallest absolute Gasteiger partial charge is 0.420 e. The van der Waals surface area contributed by atoms with Gasteiger partial charge in [0.1, 0.15) is 5.75 Å². The molecule has 3 aliphatic heterocycles. The maximum atomic E-state index is 14.0. The normalized spacial score (nSPS) is 19.2. The molecule has 10 nitrogen and oxygen atoms in total. The molecule has 0 bridgehead atoms. The summed E-state index contributed by atoms with van der Waals surface area (Å²) in [5.41, 5.74) is -0.702. The summed E-state index contributed by atoms with van der Waals surface area (Å²) in [4.78, 5) is 49.0. The van der Waals surface area contributed by atoms with Gasteiger partial charge in [0.15, 0.2) is 5.82 Å². The molecule has 4 heterocycles. The van der Waals surface area contributed by atoms with Crippen LogP contribution in [0.25, 0.3) is 11.4 Å². The summed E-state index contributed by atoms with van der Waals surface area (Å²) in [6.07, 6.45) is -0.253. The number of amides is 2. The number of piperidine rings is 2. The van der Waals surface area contributed by atoms with Crippen molar-refractivity contribution in [2.45, 2.75) is 69.6 Å². The lowest BCUT2D eigenvalue weighted by Crippen LogP contribution is -2.48. The summed E-state index contributed by atoms with van der Waals surface area (Å²) in [6.45, 7) is 3.83. The van der Waals surface area contributed by atoms with Crippen molar-refractivity contribution in [3.63, 3.8) is 0 Å². The Bertz CT molecular complexity index is 1660. The van der Waals surface area contributed by atoms with E-state index in [4.69, 9.17) is 11.6 Å². The highest BCUT2D eigenvalue weighted by atomic mass is 35.5. The third kappa shape index (κ3) is 7.57. The number of aromatic amines is 1. The number of rotatable bonds is 8. The minimum Gasteiger partial charge on any atom is -0.506 e. The van der Waals surface area contributed by atoms with Crippen molar-refractivity contribution in [1.82, 2.24) is 29.5 Å². The molecule has 3 aliphatic rings. The number of carbonyl (C=O) groups excluding carboxylic acids is 2. The molecule has 2 amide bonds. The fourth-order valence-electron chi connectivity index (χ4n) is 7.35. The summed E-state index contributed by atoms with van der Waals surface area (Å²) in [5.74, 6) is -2.06. The zero-order chi connectivity index (χ0) is 34.0. The van der Waals surface area contributed by atoms with Gasteiger partial charge >= 0.3 is 11.9 Å². The molecule has 0 saturated carbocycles. The maximum Gasteiger partial charge on any atom is 0.420 e. The van der Waals surface area contributed by atoms with Crippen LogP contribution in [0.2, 0.25) is 5.02 Å². The molecule has 3 fully saturated rings. The standard InChI is InChI=1S/C34H40ClF3N6O4/c35-28-20-22(19-27(30(28)46)34(36,37)38)18-24(32(47)43-16-8-25(9-17-43)41-12-4-5-13-41)21-29(45)42-14-10-26(11-15-42)44-33(48)39-31(40-44)23-6-2-1-3-7-23/h1-3,6-7,19-20,24-26,46H,4-5,8-18,21H2,(H,39,40,48)/t24-/m0/s1. The number of nitrogens with one attached hydrogen (secondary N) is 1. The van der Waals surface area contributed by atoms with Gasteiger partial charge in [0.2, 0.25) is 11.8 Å². The van der Waals surface area contributed by atoms with E-state index in [-0.39, 0.29) is 42.0 Å². The molecule has 48 heavy (non-hydrogen) atoms. The Hall–Kier alpha value is -3.84. The SMILES string of the molecule is O=C(C[C@H](Cc1cc(Cl)c(O)c(C(F)(F)F)c1)C(=O)N1CCC(N2CCCC2)CC1)N1CCC(n2nc(-c3ccccc3)[nH]c2=O)CC1. The average molecular weight is 689 g/mol. The zero-order valence-electron chi connectivity index (χ0n) is 26.6. The number of halogens is 4. The Kier molecular flexibility index (Phi) is 10.2. The molecule has 14 heteroatoms. The van der Waals surface area contributed by atoms with E-state index in [0.717, 1.165) is 37.6 Å². The molecule has 1 aromatic heterocycles. The molecule has 2 aromatic carbocycles. The van der Waals surface area contributed by atoms with Crippen molar-refractivity contribution >= 4 is 23.4 Å². The number of hydrogen-bond donors (Lipinski definition) is 2. The number of carbonyl (C=O) groups is 2. The minimum absolute atomic E-state index is 0.120. The van der Waals surface area contributed by atoms with Crippen molar-refractivity contribution in [2.24, 2.45) is 5.92 Å². The Balaban J connectivity index is 1.15. The molecular formula is C34H40ClF3N6O4.